The van der Waals surface area contributed by atoms with Crippen molar-refractivity contribution in [1.29, 1.82) is 0 Å². The average molecular weight is 212 g/mol. The molecule has 2 heterocycles. The van der Waals surface area contributed by atoms with Crippen LogP contribution in [0.1, 0.15) is 10.6 Å². The maximum absolute atomic E-state index is 11.8. The van der Waals surface area contributed by atoms with Crippen LogP contribution >= 0.6 is 11.5 Å². The lowest BCUT2D eigenvalue weighted by atomic mass is 10.3. The lowest BCUT2D eigenvalue weighted by molar-refractivity contribution is 0.0653. The topological polar surface area (TPSA) is 49.3 Å². The molecular formula is C8H12N4OS. The van der Waals surface area contributed by atoms with Gasteiger partial charge in [-0.1, -0.05) is 0 Å². The fourth-order valence-electron chi connectivity index (χ4n) is 1.42. The summed E-state index contributed by atoms with van der Waals surface area (Å²) in [5, 5.41) is 0. The van der Waals surface area contributed by atoms with Gasteiger partial charge in [-0.15, -0.1) is 0 Å². The zero-order valence-electron chi connectivity index (χ0n) is 8.01. The Morgan fingerprint density at radius 1 is 1.43 bits per heavy atom. The highest BCUT2D eigenvalue weighted by Crippen LogP contribution is 2.04. The molecule has 1 aliphatic rings. The van der Waals surface area contributed by atoms with Crippen molar-refractivity contribution in [3.63, 3.8) is 0 Å². The summed E-state index contributed by atoms with van der Waals surface area (Å²) >= 11 is 1.21. The van der Waals surface area contributed by atoms with Gasteiger partial charge in [-0.3, -0.25) is 4.79 Å². The van der Waals surface area contributed by atoms with Crippen molar-refractivity contribution in [1.82, 2.24) is 19.2 Å². The predicted molar refractivity (Wildman–Crippen MR) is 53.3 cm³/mol. The zero-order valence-corrected chi connectivity index (χ0v) is 8.83. The molecule has 1 aliphatic heterocycles. The molecule has 1 aromatic rings. The number of likely N-dealkylation sites (N-methyl/N-ethyl adjacent to an activating group) is 1. The summed E-state index contributed by atoms with van der Waals surface area (Å²) in [4.78, 5) is 19.7. The van der Waals surface area contributed by atoms with E-state index in [1.54, 1.807) is 5.51 Å². The van der Waals surface area contributed by atoms with Crippen LogP contribution in [0.2, 0.25) is 0 Å². The van der Waals surface area contributed by atoms with E-state index in [1.165, 1.54) is 11.5 Å². The Morgan fingerprint density at radius 3 is 2.71 bits per heavy atom. The highest BCUT2D eigenvalue weighted by atomic mass is 32.1. The SMILES string of the molecule is CN1CCN(C(=O)c2ncsn2)CC1. The zero-order chi connectivity index (χ0) is 9.97. The minimum Gasteiger partial charge on any atom is -0.333 e. The van der Waals surface area contributed by atoms with Gasteiger partial charge in [-0.25, -0.2) is 4.98 Å². The minimum absolute atomic E-state index is 0.0423. The molecule has 0 unspecified atom stereocenters. The van der Waals surface area contributed by atoms with Crippen LogP contribution < -0.4 is 0 Å². The molecule has 0 aromatic carbocycles. The van der Waals surface area contributed by atoms with Crippen molar-refractivity contribution in [2.45, 2.75) is 0 Å². The second-order valence-electron chi connectivity index (χ2n) is 3.35. The first-order chi connectivity index (χ1) is 6.77. The number of piperazine rings is 1. The Labute approximate surface area is 86.5 Å². The van der Waals surface area contributed by atoms with Gasteiger partial charge in [0.15, 0.2) is 0 Å². The number of nitrogens with zero attached hydrogens (tertiary/aromatic N) is 4. The van der Waals surface area contributed by atoms with Crippen molar-refractivity contribution >= 4 is 17.4 Å². The first-order valence-electron chi connectivity index (χ1n) is 4.51. The molecule has 1 fully saturated rings. The highest BCUT2D eigenvalue weighted by molar-refractivity contribution is 7.03. The van der Waals surface area contributed by atoms with Crippen molar-refractivity contribution in [3.05, 3.63) is 11.3 Å². The van der Waals surface area contributed by atoms with Gasteiger partial charge in [0, 0.05) is 26.2 Å². The first-order valence-corrected chi connectivity index (χ1v) is 5.35. The molecule has 0 N–H and O–H groups in total. The Balaban J connectivity index is 1.99. The third-order valence-corrected chi connectivity index (χ3v) is 2.82. The van der Waals surface area contributed by atoms with Crippen LogP contribution in [0, 0.1) is 0 Å². The third kappa shape index (κ3) is 1.91. The van der Waals surface area contributed by atoms with Gasteiger partial charge in [-0.2, -0.15) is 4.37 Å². The summed E-state index contributed by atoms with van der Waals surface area (Å²) in [5.74, 6) is 0.291. The molecule has 0 bridgehead atoms. The summed E-state index contributed by atoms with van der Waals surface area (Å²) in [6, 6.07) is 0. The minimum atomic E-state index is -0.0423. The second-order valence-corrected chi connectivity index (χ2v) is 3.95. The fourth-order valence-corrected chi connectivity index (χ4v) is 1.83. The van der Waals surface area contributed by atoms with E-state index in [0.717, 1.165) is 26.2 Å². The molecule has 6 heteroatoms. The van der Waals surface area contributed by atoms with E-state index in [0.29, 0.717) is 5.82 Å². The largest absolute Gasteiger partial charge is 0.333 e. The predicted octanol–water partition coefficient (Wildman–Crippen LogP) is -0.0743. The Bertz CT molecular complexity index is 305. The van der Waals surface area contributed by atoms with E-state index >= 15 is 0 Å². The number of amides is 1. The van der Waals surface area contributed by atoms with Gasteiger partial charge >= 0.3 is 0 Å². The van der Waals surface area contributed by atoms with E-state index in [2.05, 4.69) is 21.3 Å². The van der Waals surface area contributed by atoms with Crippen LogP contribution in [0.25, 0.3) is 0 Å². The third-order valence-electron chi connectivity index (χ3n) is 2.34. The van der Waals surface area contributed by atoms with Gasteiger partial charge in [-0.05, 0) is 18.6 Å². The molecule has 1 amide bonds. The van der Waals surface area contributed by atoms with Crippen molar-refractivity contribution < 1.29 is 4.79 Å². The molecule has 0 atom stereocenters. The Morgan fingerprint density at radius 2 is 2.14 bits per heavy atom. The van der Waals surface area contributed by atoms with Gasteiger partial charge in [0.2, 0.25) is 5.82 Å². The second kappa shape index (κ2) is 4.02. The molecule has 0 saturated carbocycles. The molecular weight excluding hydrogens is 200 g/mol. The molecule has 1 aromatic heterocycles. The Hall–Kier alpha value is -1.01. The maximum Gasteiger partial charge on any atom is 0.292 e. The van der Waals surface area contributed by atoms with Crippen molar-refractivity contribution in [2.24, 2.45) is 0 Å². The number of carbonyl (C=O) groups excluding carboxylic acids is 1. The molecule has 1 saturated heterocycles. The van der Waals surface area contributed by atoms with Gasteiger partial charge in [0.25, 0.3) is 5.91 Å². The van der Waals surface area contributed by atoms with E-state index in [-0.39, 0.29) is 5.91 Å². The molecule has 0 aliphatic carbocycles. The van der Waals surface area contributed by atoms with Crippen LogP contribution in [0.3, 0.4) is 0 Å². The normalized spacial score (nSPS) is 18.5. The van der Waals surface area contributed by atoms with Crippen LogP contribution in [0.5, 0.6) is 0 Å². The van der Waals surface area contributed by atoms with Gasteiger partial charge < -0.3 is 9.80 Å². The number of hydrogen-bond donors (Lipinski definition) is 0. The summed E-state index contributed by atoms with van der Waals surface area (Å²) in [6.07, 6.45) is 0. The standard InChI is InChI=1S/C8H12N4OS/c1-11-2-4-12(5-3-11)8(13)7-9-6-14-10-7/h6H,2-5H2,1H3. The van der Waals surface area contributed by atoms with Crippen molar-refractivity contribution in [3.8, 4) is 0 Å². The summed E-state index contributed by atoms with van der Waals surface area (Å²) < 4.78 is 3.94. The van der Waals surface area contributed by atoms with Crippen LogP contribution in [0.4, 0.5) is 0 Å². The smallest absolute Gasteiger partial charge is 0.292 e. The molecule has 76 valence electrons. The number of aromatic nitrogens is 2. The molecule has 14 heavy (non-hydrogen) atoms. The molecule has 0 radical (unpaired) electrons. The summed E-state index contributed by atoms with van der Waals surface area (Å²) in [7, 11) is 2.06. The van der Waals surface area contributed by atoms with Crippen LogP contribution in [-0.4, -0.2) is 58.3 Å². The van der Waals surface area contributed by atoms with E-state index < -0.39 is 0 Å². The van der Waals surface area contributed by atoms with E-state index in [1.807, 2.05) is 4.90 Å². The average Bonchev–Trinajstić information content (AvgIpc) is 2.71. The van der Waals surface area contributed by atoms with Crippen LogP contribution in [0.15, 0.2) is 5.51 Å². The number of carbonyl (C=O) groups is 1. The van der Waals surface area contributed by atoms with Crippen molar-refractivity contribution in [2.75, 3.05) is 33.2 Å². The number of hydrogen-bond acceptors (Lipinski definition) is 5. The van der Waals surface area contributed by atoms with E-state index in [4.69, 9.17) is 0 Å². The molecule has 2 rings (SSSR count). The lowest BCUT2D eigenvalue weighted by Crippen LogP contribution is -2.47. The van der Waals surface area contributed by atoms with Gasteiger partial charge in [0.1, 0.15) is 5.51 Å². The van der Waals surface area contributed by atoms with Gasteiger partial charge in [0.05, 0.1) is 0 Å². The highest BCUT2D eigenvalue weighted by Gasteiger charge is 2.22. The molecule has 5 nitrogen and oxygen atoms in total. The fraction of sp³-hybridized carbons (Fsp3) is 0.625. The van der Waals surface area contributed by atoms with Crippen LogP contribution in [-0.2, 0) is 0 Å². The quantitative estimate of drug-likeness (QED) is 0.653. The lowest BCUT2D eigenvalue weighted by Gasteiger charge is -2.31. The first kappa shape index (κ1) is 9.54. The number of rotatable bonds is 1. The summed E-state index contributed by atoms with van der Waals surface area (Å²) in [5.41, 5.74) is 1.59. The monoisotopic (exact) mass is 212 g/mol. The molecule has 0 spiro atoms. The van der Waals surface area contributed by atoms with E-state index in [9.17, 15) is 4.79 Å². The Kier molecular flexibility index (Phi) is 2.74. The summed E-state index contributed by atoms with van der Waals surface area (Å²) in [6.45, 7) is 3.40. The maximum atomic E-state index is 11.8.